The van der Waals surface area contributed by atoms with Crippen molar-refractivity contribution < 1.29 is 0 Å². The van der Waals surface area contributed by atoms with Gasteiger partial charge in [0, 0.05) is 0 Å². The second kappa shape index (κ2) is 4.32. The van der Waals surface area contributed by atoms with Crippen molar-refractivity contribution in [3.63, 3.8) is 0 Å². The molecule has 2 aliphatic rings. The van der Waals surface area contributed by atoms with E-state index in [1.165, 1.54) is 0 Å². The number of hydrogen-bond donors (Lipinski definition) is 1. The van der Waals surface area contributed by atoms with E-state index in [9.17, 15) is 5.26 Å². The van der Waals surface area contributed by atoms with Crippen LogP contribution in [0.25, 0.3) is 0 Å². The molecule has 0 radical (unpaired) electrons. The fourth-order valence-electron chi connectivity index (χ4n) is 1.81. The lowest BCUT2D eigenvalue weighted by atomic mass is 9.76. The minimum absolute atomic E-state index is 0.0188. The van der Waals surface area contributed by atoms with Gasteiger partial charge >= 0.3 is 0 Å². The molecule has 74 valence electrons. The molecule has 0 aromatic carbocycles. The van der Waals surface area contributed by atoms with E-state index in [0.717, 1.165) is 31.6 Å². The number of piperidine rings is 1. The summed E-state index contributed by atoms with van der Waals surface area (Å²) in [7, 11) is 0. The molecule has 0 unspecified atom stereocenters. The lowest BCUT2D eigenvalue weighted by molar-refractivity contribution is 0.379. The topological polar surface area (TPSA) is 48.2 Å². The summed E-state index contributed by atoms with van der Waals surface area (Å²) in [4.78, 5) is 4.40. The minimum Gasteiger partial charge on any atom is -0.317 e. The maximum absolute atomic E-state index is 9.30. The first-order valence-corrected chi connectivity index (χ1v) is 7.17. The molecule has 1 fully saturated rings. The average molecular weight is 301 g/mol. The smallest absolute Gasteiger partial charge is 0.102 e. The van der Waals surface area contributed by atoms with Crippen molar-refractivity contribution in [2.24, 2.45) is 10.4 Å². The highest BCUT2D eigenvalue weighted by Gasteiger charge is 2.36. The Balaban J connectivity index is 2.28. The first-order chi connectivity index (χ1) is 6.87. The van der Waals surface area contributed by atoms with E-state index < -0.39 is 0 Å². The van der Waals surface area contributed by atoms with Gasteiger partial charge in [0.2, 0.25) is 0 Å². The Labute approximate surface area is 93.7 Å². The number of nitriles is 1. The maximum Gasteiger partial charge on any atom is 0.102 e. The number of nitrogens with one attached hydrogen (secondary N) is 1. The first-order valence-electron chi connectivity index (χ1n) is 4.68. The summed E-state index contributed by atoms with van der Waals surface area (Å²) in [6.07, 6.45) is 3.83. The molecule has 4 heteroatoms. The zero-order valence-corrected chi connectivity index (χ0v) is 9.99. The Morgan fingerprint density at radius 3 is 2.86 bits per heavy atom. The number of halogens is 1. The van der Waals surface area contributed by atoms with E-state index in [2.05, 4.69) is 26.5 Å². The molecule has 2 heterocycles. The predicted molar refractivity (Wildman–Crippen MR) is 66.8 cm³/mol. The SMILES string of the molecule is N#CC1(C2=NC=IC=C2)CCNCC1. The Hall–Kier alpha value is -0.540. The first kappa shape index (κ1) is 9.99. The van der Waals surface area contributed by atoms with Crippen LogP contribution in [0.4, 0.5) is 0 Å². The molecule has 0 amide bonds. The fourth-order valence-corrected chi connectivity index (χ4v) is 3.01. The number of rotatable bonds is 1. The highest BCUT2D eigenvalue weighted by molar-refractivity contribution is 14.2. The predicted octanol–water partition coefficient (Wildman–Crippen LogP) is 1.58. The Kier molecular flexibility index (Phi) is 3.08. The van der Waals surface area contributed by atoms with Crippen molar-refractivity contribution in [3.8, 4) is 6.07 Å². The van der Waals surface area contributed by atoms with Gasteiger partial charge < -0.3 is 5.32 Å². The van der Waals surface area contributed by atoms with Crippen molar-refractivity contribution in [1.29, 1.82) is 5.26 Å². The molecule has 0 aliphatic carbocycles. The molecule has 3 nitrogen and oxygen atoms in total. The third kappa shape index (κ3) is 1.79. The van der Waals surface area contributed by atoms with Gasteiger partial charge in [-0.1, -0.05) is 20.7 Å². The van der Waals surface area contributed by atoms with Crippen molar-refractivity contribution in [2.75, 3.05) is 13.1 Å². The highest BCUT2D eigenvalue weighted by Crippen LogP contribution is 2.31. The molecule has 1 saturated heterocycles. The Bertz CT molecular complexity index is 343. The van der Waals surface area contributed by atoms with Gasteiger partial charge in [-0.15, -0.1) is 0 Å². The summed E-state index contributed by atoms with van der Waals surface area (Å²) >= 11 is 0.0188. The highest BCUT2D eigenvalue weighted by atomic mass is 127. The lowest BCUT2D eigenvalue weighted by Gasteiger charge is -2.31. The molecule has 0 atom stereocenters. The van der Waals surface area contributed by atoms with E-state index in [4.69, 9.17) is 0 Å². The third-order valence-corrected chi connectivity index (χ3v) is 4.07. The molecular weight excluding hydrogens is 289 g/mol. The van der Waals surface area contributed by atoms with Crippen molar-refractivity contribution in [3.05, 3.63) is 10.2 Å². The van der Waals surface area contributed by atoms with Crippen LogP contribution < -0.4 is 5.32 Å². The Morgan fingerprint density at radius 2 is 2.29 bits per heavy atom. The summed E-state index contributed by atoms with van der Waals surface area (Å²) < 4.78 is 4.18. The van der Waals surface area contributed by atoms with Crippen molar-refractivity contribution >= 4 is 30.6 Å². The van der Waals surface area contributed by atoms with Gasteiger partial charge in [0.15, 0.2) is 0 Å². The van der Waals surface area contributed by atoms with Gasteiger partial charge in [-0.2, -0.15) is 5.26 Å². The van der Waals surface area contributed by atoms with Gasteiger partial charge in [-0.3, -0.25) is 4.99 Å². The van der Waals surface area contributed by atoms with Gasteiger partial charge in [-0.25, -0.2) is 0 Å². The van der Waals surface area contributed by atoms with Crippen LogP contribution in [-0.4, -0.2) is 22.9 Å². The third-order valence-electron chi connectivity index (χ3n) is 2.70. The summed E-state index contributed by atoms with van der Waals surface area (Å²) in [6, 6.07) is 2.46. The van der Waals surface area contributed by atoms with Crippen LogP contribution in [0, 0.1) is 16.7 Å². The van der Waals surface area contributed by atoms with Crippen LogP contribution in [0.5, 0.6) is 0 Å². The van der Waals surface area contributed by atoms with Gasteiger partial charge in [0.05, 0.1) is 15.9 Å². The van der Waals surface area contributed by atoms with Crippen LogP contribution >= 0.6 is 20.7 Å². The minimum atomic E-state index is -0.317. The van der Waals surface area contributed by atoms with E-state index in [1.54, 1.807) is 0 Å². The van der Waals surface area contributed by atoms with Crippen LogP contribution in [0.15, 0.2) is 15.2 Å². The van der Waals surface area contributed by atoms with Crippen LogP contribution in [0.1, 0.15) is 12.8 Å². The van der Waals surface area contributed by atoms with Gasteiger partial charge in [0.25, 0.3) is 0 Å². The number of allylic oxidation sites excluding steroid dienone is 1. The molecule has 2 aliphatic heterocycles. The molecule has 1 N–H and O–H groups in total. The zero-order chi connectivity index (χ0) is 9.86. The maximum atomic E-state index is 9.30. The molecule has 0 bridgehead atoms. The standard InChI is InChI=1S/C10H12IN3/c12-7-10(2-5-13-6-3-10)9-1-4-11-8-14-9/h1,4,8,13H,2-3,5-6H2. The van der Waals surface area contributed by atoms with Crippen molar-refractivity contribution in [2.45, 2.75) is 12.8 Å². The van der Waals surface area contributed by atoms with Gasteiger partial charge in [0.1, 0.15) is 5.41 Å². The second-order valence-electron chi connectivity index (χ2n) is 3.47. The van der Waals surface area contributed by atoms with Gasteiger partial charge in [-0.05, 0) is 36.1 Å². The molecule has 0 aromatic rings. The van der Waals surface area contributed by atoms with E-state index >= 15 is 0 Å². The monoisotopic (exact) mass is 301 g/mol. The summed E-state index contributed by atoms with van der Waals surface area (Å²) in [6.45, 7) is 1.85. The number of hydrogen-bond acceptors (Lipinski definition) is 3. The quantitative estimate of drug-likeness (QED) is 0.748. The van der Waals surface area contributed by atoms with Crippen molar-refractivity contribution in [1.82, 2.24) is 5.32 Å². The van der Waals surface area contributed by atoms with E-state index in [1.807, 2.05) is 4.14 Å². The second-order valence-corrected chi connectivity index (χ2v) is 5.47. The van der Waals surface area contributed by atoms with E-state index in [0.29, 0.717) is 0 Å². The zero-order valence-electron chi connectivity index (χ0n) is 7.83. The average Bonchev–Trinajstić information content (AvgIpc) is 2.31. The Morgan fingerprint density at radius 1 is 1.50 bits per heavy atom. The van der Waals surface area contributed by atoms with E-state index in [-0.39, 0.29) is 26.1 Å². The molecule has 0 aromatic heterocycles. The lowest BCUT2D eigenvalue weighted by Crippen LogP contribution is -2.40. The van der Waals surface area contributed by atoms with Crippen LogP contribution in [0.3, 0.4) is 0 Å². The molecule has 2 rings (SSSR count). The van der Waals surface area contributed by atoms with Crippen LogP contribution in [0.2, 0.25) is 0 Å². The number of aliphatic imine (C=N–C) groups is 1. The molecule has 0 saturated carbocycles. The molecule has 14 heavy (non-hydrogen) atoms. The fraction of sp³-hybridized carbons (Fsp3) is 0.500. The van der Waals surface area contributed by atoms with Crippen LogP contribution in [-0.2, 0) is 0 Å². The molecular formula is C10H12IN3. The summed E-state index contributed by atoms with van der Waals surface area (Å²) in [5.74, 6) is 0. The summed E-state index contributed by atoms with van der Waals surface area (Å²) in [5.41, 5.74) is 0.662. The summed E-state index contributed by atoms with van der Waals surface area (Å²) in [5, 5.41) is 12.6. The largest absolute Gasteiger partial charge is 0.317 e. The normalized spacial score (nSPS) is 24.6. The number of nitrogens with zero attached hydrogens (tertiary/aromatic N) is 2. The molecule has 0 spiro atoms.